The summed E-state index contributed by atoms with van der Waals surface area (Å²) >= 11 is 0. The maximum atomic E-state index is 8.51. The van der Waals surface area contributed by atoms with Crippen LogP contribution < -0.4 is 5.73 Å². The van der Waals surface area contributed by atoms with Crippen molar-refractivity contribution in [2.45, 2.75) is 6.54 Å². The highest BCUT2D eigenvalue weighted by Gasteiger charge is 2.07. The van der Waals surface area contributed by atoms with E-state index in [4.69, 9.17) is 10.9 Å². The largest absolute Gasteiger partial charge is 0.409 e. The summed E-state index contributed by atoms with van der Waals surface area (Å²) in [5.74, 6) is 0.531. The molecule has 0 aliphatic carbocycles. The summed E-state index contributed by atoms with van der Waals surface area (Å²) in [6.45, 7) is 1.64. The van der Waals surface area contributed by atoms with E-state index < -0.39 is 0 Å². The number of amidine groups is 1. The Kier molecular flexibility index (Phi) is 3.47. The van der Waals surface area contributed by atoms with Crippen molar-refractivity contribution in [3.63, 3.8) is 0 Å². The van der Waals surface area contributed by atoms with Crippen LogP contribution in [0.5, 0.6) is 0 Å². The van der Waals surface area contributed by atoms with Crippen molar-refractivity contribution >= 4 is 5.84 Å². The van der Waals surface area contributed by atoms with Crippen LogP contribution in [-0.4, -0.2) is 46.1 Å². The molecular formula is C8H15N5O. The van der Waals surface area contributed by atoms with E-state index in [2.05, 4.69) is 15.0 Å². The summed E-state index contributed by atoms with van der Waals surface area (Å²) in [5, 5.41) is 11.4. The Hall–Kier alpha value is -1.56. The minimum Gasteiger partial charge on any atom is -0.409 e. The molecule has 0 spiro atoms. The molecule has 1 rings (SSSR count). The van der Waals surface area contributed by atoms with Gasteiger partial charge in [-0.05, 0) is 14.1 Å². The standard InChI is InChI=1S/C8H15N5O/c1-12(2)5-6-13-4-3-10-8(13)7(9)11-14/h3-4,14H,5-6H2,1-2H3,(H2,9,11). The molecule has 6 heteroatoms. The number of likely N-dealkylation sites (N-methyl/N-ethyl adjacent to an activating group) is 1. The fraction of sp³-hybridized carbons (Fsp3) is 0.500. The lowest BCUT2D eigenvalue weighted by molar-refractivity contribution is 0.318. The van der Waals surface area contributed by atoms with Gasteiger partial charge in [-0.3, -0.25) is 0 Å². The number of hydrogen-bond acceptors (Lipinski definition) is 4. The molecule has 0 saturated heterocycles. The van der Waals surface area contributed by atoms with E-state index in [0.717, 1.165) is 13.1 Å². The Labute approximate surface area is 82.6 Å². The average Bonchev–Trinajstić information content (AvgIpc) is 2.61. The van der Waals surface area contributed by atoms with Crippen molar-refractivity contribution in [1.29, 1.82) is 0 Å². The Morgan fingerprint density at radius 3 is 3.00 bits per heavy atom. The van der Waals surface area contributed by atoms with Crippen molar-refractivity contribution in [1.82, 2.24) is 14.5 Å². The number of rotatable bonds is 4. The van der Waals surface area contributed by atoms with Crippen LogP contribution in [0.25, 0.3) is 0 Å². The normalized spacial score (nSPS) is 12.4. The maximum absolute atomic E-state index is 8.51. The maximum Gasteiger partial charge on any atom is 0.206 e. The molecule has 0 atom stereocenters. The van der Waals surface area contributed by atoms with Crippen LogP contribution in [0.4, 0.5) is 0 Å². The van der Waals surface area contributed by atoms with E-state index >= 15 is 0 Å². The van der Waals surface area contributed by atoms with Crippen molar-refractivity contribution in [3.05, 3.63) is 18.2 Å². The molecule has 1 aromatic rings. The lowest BCUT2D eigenvalue weighted by Crippen LogP contribution is -2.23. The second kappa shape index (κ2) is 4.61. The molecule has 0 fully saturated rings. The first-order valence-electron chi connectivity index (χ1n) is 4.29. The Bertz CT molecular complexity index is 317. The van der Waals surface area contributed by atoms with Crippen molar-refractivity contribution < 1.29 is 5.21 Å². The third-order valence-electron chi connectivity index (χ3n) is 1.84. The molecule has 0 aromatic carbocycles. The molecule has 0 aliphatic rings. The molecule has 0 radical (unpaired) electrons. The second-order valence-corrected chi connectivity index (χ2v) is 3.23. The fourth-order valence-corrected chi connectivity index (χ4v) is 1.08. The summed E-state index contributed by atoms with van der Waals surface area (Å²) in [5.41, 5.74) is 5.45. The lowest BCUT2D eigenvalue weighted by atomic mass is 10.5. The molecule has 0 unspecified atom stereocenters. The van der Waals surface area contributed by atoms with Crippen LogP contribution in [0.15, 0.2) is 17.5 Å². The van der Waals surface area contributed by atoms with Gasteiger partial charge in [0.2, 0.25) is 5.84 Å². The van der Waals surface area contributed by atoms with Gasteiger partial charge in [0.15, 0.2) is 5.82 Å². The van der Waals surface area contributed by atoms with Crippen molar-refractivity contribution in [3.8, 4) is 0 Å². The summed E-state index contributed by atoms with van der Waals surface area (Å²) < 4.78 is 1.84. The van der Waals surface area contributed by atoms with Gasteiger partial charge in [0.25, 0.3) is 0 Å². The van der Waals surface area contributed by atoms with Gasteiger partial charge in [-0.15, -0.1) is 0 Å². The van der Waals surface area contributed by atoms with E-state index in [1.54, 1.807) is 12.4 Å². The lowest BCUT2D eigenvalue weighted by Gasteiger charge is -2.11. The number of oxime groups is 1. The predicted octanol–water partition coefficient (Wildman–Crippen LogP) is -0.461. The first-order chi connectivity index (χ1) is 6.65. The third-order valence-corrected chi connectivity index (χ3v) is 1.84. The average molecular weight is 197 g/mol. The highest BCUT2D eigenvalue weighted by Crippen LogP contribution is 1.97. The van der Waals surface area contributed by atoms with Gasteiger partial charge in [0, 0.05) is 25.5 Å². The molecule has 78 valence electrons. The summed E-state index contributed by atoms with van der Waals surface area (Å²) in [6.07, 6.45) is 3.43. The van der Waals surface area contributed by atoms with Gasteiger partial charge in [0.05, 0.1) is 0 Å². The highest BCUT2D eigenvalue weighted by molar-refractivity contribution is 5.93. The van der Waals surface area contributed by atoms with E-state index in [-0.39, 0.29) is 5.84 Å². The third kappa shape index (κ3) is 2.46. The van der Waals surface area contributed by atoms with E-state index in [1.165, 1.54) is 0 Å². The SMILES string of the molecule is CN(C)CCn1ccnc1C(N)=NO. The summed E-state index contributed by atoms with van der Waals surface area (Å²) in [7, 11) is 3.97. The topological polar surface area (TPSA) is 79.7 Å². The molecule has 0 aliphatic heterocycles. The van der Waals surface area contributed by atoms with Gasteiger partial charge < -0.3 is 20.4 Å². The van der Waals surface area contributed by atoms with E-state index in [0.29, 0.717) is 5.82 Å². The predicted molar refractivity (Wildman–Crippen MR) is 53.3 cm³/mol. The molecule has 0 bridgehead atoms. The summed E-state index contributed by atoms with van der Waals surface area (Å²) in [4.78, 5) is 6.05. The number of aromatic nitrogens is 2. The van der Waals surface area contributed by atoms with Crippen LogP contribution in [0.2, 0.25) is 0 Å². The first-order valence-corrected chi connectivity index (χ1v) is 4.29. The number of nitrogens with two attached hydrogens (primary N) is 1. The fourth-order valence-electron chi connectivity index (χ4n) is 1.08. The second-order valence-electron chi connectivity index (χ2n) is 3.23. The summed E-state index contributed by atoms with van der Waals surface area (Å²) in [6, 6.07) is 0. The highest BCUT2D eigenvalue weighted by atomic mass is 16.4. The molecule has 14 heavy (non-hydrogen) atoms. The zero-order valence-corrected chi connectivity index (χ0v) is 8.38. The molecule has 6 nitrogen and oxygen atoms in total. The monoisotopic (exact) mass is 197 g/mol. The Morgan fingerprint density at radius 2 is 2.43 bits per heavy atom. The molecule has 0 saturated carbocycles. The van der Waals surface area contributed by atoms with Gasteiger partial charge in [0.1, 0.15) is 0 Å². The van der Waals surface area contributed by atoms with E-state index in [1.807, 2.05) is 18.7 Å². The molecule has 3 N–H and O–H groups in total. The quantitative estimate of drug-likeness (QED) is 0.296. The van der Waals surface area contributed by atoms with Crippen LogP contribution in [0.3, 0.4) is 0 Å². The van der Waals surface area contributed by atoms with Crippen molar-refractivity contribution in [2.24, 2.45) is 10.9 Å². The van der Waals surface area contributed by atoms with E-state index in [9.17, 15) is 0 Å². The minimum atomic E-state index is 0.0359. The minimum absolute atomic E-state index is 0.0359. The molecular weight excluding hydrogens is 182 g/mol. The molecule has 1 heterocycles. The van der Waals surface area contributed by atoms with Crippen LogP contribution in [0, 0.1) is 0 Å². The van der Waals surface area contributed by atoms with Crippen LogP contribution in [0.1, 0.15) is 5.82 Å². The van der Waals surface area contributed by atoms with Gasteiger partial charge in [-0.25, -0.2) is 4.98 Å². The first kappa shape index (κ1) is 10.5. The smallest absolute Gasteiger partial charge is 0.206 e. The molecule has 1 aromatic heterocycles. The zero-order valence-electron chi connectivity index (χ0n) is 8.38. The Balaban J connectivity index is 2.73. The van der Waals surface area contributed by atoms with Crippen molar-refractivity contribution in [2.75, 3.05) is 20.6 Å². The van der Waals surface area contributed by atoms with Gasteiger partial charge >= 0.3 is 0 Å². The van der Waals surface area contributed by atoms with Gasteiger partial charge in [-0.2, -0.15) is 0 Å². The van der Waals surface area contributed by atoms with Crippen LogP contribution >= 0.6 is 0 Å². The number of imidazole rings is 1. The van der Waals surface area contributed by atoms with Gasteiger partial charge in [-0.1, -0.05) is 5.16 Å². The number of hydrogen-bond donors (Lipinski definition) is 2. The molecule has 0 amide bonds. The zero-order chi connectivity index (χ0) is 10.6. The number of nitrogens with zero attached hydrogens (tertiary/aromatic N) is 4. The Morgan fingerprint density at radius 1 is 1.71 bits per heavy atom. The van der Waals surface area contributed by atoms with Crippen LogP contribution in [-0.2, 0) is 6.54 Å².